The van der Waals surface area contributed by atoms with Crippen molar-refractivity contribution in [2.75, 3.05) is 5.32 Å². The molecule has 6 heteroatoms. The van der Waals surface area contributed by atoms with E-state index in [4.69, 9.17) is 5.11 Å². The molecule has 0 saturated heterocycles. The maximum Gasteiger partial charge on any atom is 0.303 e. The van der Waals surface area contributed by atoms with Crippen LogP contribution in [0.4, 0.5) is 5.69 Å². The minimum atomic E-state index is -0.729. The summed E-state index contributed by atoms with van der Waals surface area (Å²) < 4.78 is 0. The van der Waals surface area contributed by atoms with Gasteiger partial charge >= 0.3 is 5.97 Å². The van der Waals surface area contributed by atoms with Crippen molar-refractivity contribution in [2.24, 2.45) is 0 Å². The van der Waals surface area contributed by atoms with Gasteiger partial charge in [-0.3, -0.25) is 9.59 Å². The minimum Gasteiger partial charge on any atom is -0.481 e. The molecule has 2 aromatic rings. The molecule has 1 amide bonds. The summed E-state index contributed by atoms with van der Waals surface area (Å²) in [5.41, 5.74) is 1.45. The number of para-hydroxylation sites is 1. The van der Waals surface area contributed by atoms with E-state index >= 15 is 0 Å². The third-order valence-corrected chi connectivity index (χ3v) is 7.23. The van der Waals surface area contributed by atoms with Crippen LogP contribution in [0.15, 0.2) is 59.5 Å². The molecule has 2 N–H and O–H groups in total. The van der Waals surface area contributed by atoms with Crippen LogP contribution < -0.4 is 5.32 Å². The van der Waals surface area contributed by atoms with Gasteiger partial charge < -0.3 is 10.4 Å². The highest BCUT2D eigenvalue weighted by Crippen LogP contribution is 2.40. The van der Waals surface area contributed by atoms with Gasteiger partial charge in [0.2, 0.25) is 0 Å². The average Bonchev–Trinajstić information content (AvgIpc) is 2.70. The van der Waals surface area contributed by atoms with Crippen molar-refractivity contribution in [1.82, 2.24) is 0 Å². The molecule has 0 radical (unpaired) electrons. The predicted molar refractivity (Wildman–Crippen MR) is 119 cm³/mol. The topological polar surface area (TPSA) is 66.4 Å². The Balaban J connectivity index is 1.94. The molecular formula is C22H27NO3S2. The number of hydrogen-bond donors (Lipinski definition) is 2. The first-order valence-electron chi connectivity index (χ1n) is 9.60. The largest absolute Gasteiger partial charge is 0.481 e. The molecule has 28 heavy (non-hydrogen) atoms. The third kappa shape index (κ3) is 7.98. The summed E-state index contributed by atoms with van der Waals surface area (Å²) in [7, 11) is 3.42. The number of carboxylic acids is 1. The number of carbonyl (C=O) groups is 2. The first-order valence-corrected chi connectivity index (χ1v) is 11.8. The molecule has 0 bridgehead atoms. The van der Waals surface area contributed by atoms with E-state index in [1.54, 1.807) is 21.6 Å². The van der Waals surface area contributed by atoms with Gasteiger partial charge in [0.25, 0.3) is 5.91 Å². The summed E-state index contributed by atoms with van der Waals surface area (Å²) in [5.74, 6) is -0.837. The van der Waals surface area contributed by atoms with Crippen LogP contribution in [0.5, 0.6) is 0 Å². The molecule has 4 nitrogen and oxygen atoms in total. The number of carbonyl (C=O) groups excluding carboxylic acids is 1. The van der Waals surface area contributed by atoms with Crippen molar-refractivity contribution < 1.29 is 14.7 Å². The zero-order chi connectivity index (χ0) is 20.2. The quantitative estimate of drug-likeness (QED) is 0.305. The molecule has 0 fully saturated rings. The maximum atomic E-state index is 12.7. The van der Waals surface area contributed by atoms with Crippen LogP contribution in [0.25, 0.3) is 0 Å². The fourth-order valence-electron chi connectivity index (χ4n) is 2.78. The molecule has 0 saturated carbocycles. The van der Waals surface area contributed by atoms with E-state index in [-0.39, 0.29) is 12.3 Å². The number of unbranched alkanes of at least 4 members (excludes halogenated alkanes) is 1. The summed E-state index contributed by atoms with van der Waals surface area (Å²) in [4.78, 5) is 24.3. The number of carboxylic acid groups (broad SMARTS) is 1. The molecular weight excluding hydrogens is 390 g/mol. The Hall–Kier alpha value is -1.92. The number of rotatable bonds is 12. The van der Waals surface area contributed by atoms with Crippen molar-refractivity contribution >= 4 is 39.2 Å². The molecule has 0 spiro atoms. The molecule has 0 heterocycles. The molecule has 150 valence electrons. The molecule has 2 aromatic carbocycles. The summed E-state index contributed by atoms with van der Waals surface area (Å²) in [6.07, 6.45) is 5.05. The van der Waals surface area contributed by atoms with Crippen LogP contribution >= 0.6 is 21.6 Å². The van der Waals surface area contributed by atoms with Gasteiger partial charge in [0.05, 0.1) is 5.56 Å². The van der Waals surface area contributed by atoms with E-state index in [2.05, 4.69) is 12.2 Å². The van der Waals surface area contributed by atoms with E-state index in [1.165, 1.54) is 0 Å². The normalized spacial score (nSPS) is 11.8. The highest BCUT2D eigenvalue weighted by molar-refractivity contribution is 8.77. The Morgan fingerprint density at radius 1 is 1.00 bits per heavy atom. The van der Waals surface area contributed by atoms with E-state index in [0.29, 0.717) is 10.8 Å². The zero-order valence-corrected chi connectivity index (χ0v) is 17.7. The molecule has 0 aliphatic rings. The maximum absolute atomic E-state index is 12.7. The van der Waals surface area contributed by atoms with Gasteiger partial charge in [0, 0.05) is 22.3 Å². The monoisotopic (exact) mass is 417 g/mol. The Morgan fingerprint density at radius 2 is 1.71 bits per heavy atom. The second-order valence-corrected chi connectivity index (χ2v) is 9.09. The second-order valence-electron chi connectivity index (χ2n) is 6.55. The number of nitrogens with one attached hydrogen (secondary N) is 1. The SMILES string of the molecule is CCCC(CCCCC(=O)O)SSc1ccccc1C(=O)Nc1ccccc1. The minimum absolute atomic E-state index is 0.108. The van der Waals surface area contributed by atoms with Gasteiger partial charge in [-0.25, -0.2) is 0 Å². The van der Waals surface area contributed by atoms with Gasteiger partial charge in [-0.15, -0.1) is 0 Å². The van der Waals surface area contributed by atoms with Crippen molar-refractivity contribution in [3.63, 3.8) is 0 Å². The van der Waals surface area contributed by atoms with E-state index in [0.717, 1.165) is 42.7 Å². The first kappa shape index (κ1) is 22.4. The number of benzene rings is 2. The molecule has 1 unspecified atom stereocenters. The van der Waals surface area contributed by atoms with Gasteiger partial charge in [0.1, 0.15) is 0 Å². The molecule has 0 aromatic heterocycles. The average molecular weight is 418 g/mol. The van der Waals surface area contributed by atoms with Crippen molar-refractivity contribution in [2.45, 2.75) is 55.6 Å². The van der Waals surface area contributed by atoms with Gasteiger partial charge in [-0.2, -0.15) is 0 Å². The van der Waals surface area contributed by atoms with Gasteiger partial charge in [-0.1, -0.05) is 71.7 Å². The molecule has 2 rings (SSSR count). The molecule has 0 aliphatic carbocycles. The van der Waals surface area contributed by atoms with Crippen LogP contribution in [0.2, 0.25) is 0 Å². The molecule has 0 aliphatic heterocycles. The van der Waals surface area contributed by atoms with Crippen LogP contribution in [0.1, 0.15) is 55.8 Å². The number of hydrogen-bond acceptors (Lipinski definition) is 4. The summed E-state index contributed by atoms with van der Waals surface area (Å²) in [5, 5.41) is 12.2. The zero-order valence-electron chi connectivity index (χ0n) is 16.1. The highest BCUT2D eigenvalue weighted by atomic mass is 33.1. The Labute approximate surface area is 174 Å². The Kier molecular flexibility index (Phi) is 10.0. The number of anilines is 1. The highest BCUT2D eigenvalue weighted by Gasteiger charge is 2.15. The summed E-state index contributed by atoms with van der Waals surface area (Å²) in [6, 6.07) is 17.1. The van der Waals surface area contributed by atoms with Crippen LogP contribution in [0.3, 0.4) is 0 Å². The summed E-state index contributed by atoms with van der Waals surface area (Å²) in [6.45, 7) is 2.16. The molecule has 1 atom stereocenters. The van der Waals surface area contributed by atoms with Gasteiger partial charge in [0.15, 0.2) is 0 Å². The number of amides is 1. The van der Waals surface area contributed by atoms with E-state index in [1.807, 2.05) is 54.6 Å². The standard InChI is InChI=1S/C22H27NO3S2/c1-2-10-18(13-6-9-16-21(24)25)27-28-20-15-8-7-14-19(20)22(26)23-17-11-4-3-5-12-17/h3-5,7-8,11-12,14-15,18H,2,6,9-10,13,16H2,1H3,(H,23,26)(H,24,25). The summed E-state index contributed by atoms with van der Waals surface area (Å²) >= 11 is 0. The lowest BCUT2D eigenvalue weighted by Crippen LogP contribution is -2.12. The lowest BCUT2D eigenvalue weighted by atomic mass is 10.1. The second kappa shape index (κ2) is 12.5. The Morgan fingerprint density at radius 3 is 2.43 bits per heavy atom. The van der Waals surface area contributed by atoms with Crippen LogP contribution in [0, 0.1) is 0 Å². The van der Waals surface area contributed by atoms with Crippen molar-refractivity contribution in [3.8, 4) is 0 Å². The lowest BCUT2D eigenvalue weighted by Gasteiger charge is -2.16. The Bertz CT molecular complexity index is 752. The van der Waals surface area contributed by atoms with Crippen molar-refractivity contribution in [3.05, 3.63) is 60.2 Å². The smallest absolute Gasteiger partial charge is 0.303 e. The lowest BCUT2D eigenvalue weighted by molar-refractivity contribution is -0.137. The fourth-order valence-corrected chi connectivity index (χ4v) is 5.73. The predicted octanol–water partition coefficient (Wildman–Crippen LogP) is 6.49. The van der Waals surface area contributed by atoms with Crippen LogP contribution in [-0.4, -0.2) is 22.2 Å². The van der Waals surface area contributed by atoms with E-state index in [9.17, 15) is 9.59 Å². The van der Waals surface area contributed by atoms with E-state index < -0.39 is 5.97 Å². The number of aliphatic carboxylic acids is 1. The van der Waals surface area contributed by atoms with Crippen LogP contribution in [-0.2, 0) is 4.79 Å². The first-order chi connectivity index (χ1) is 13.6. The fraction of sp³-hybridized carbons (Fsp3) is 0.364. The van der Waals surface area contributed by atoms with Gasteiger partial charge in [-0.05, 0) is 43.5 Å². The third-order valence-electron chi connectivity index (χ3n) is 4.21. The van der Waals surface area contributed by atoms with Crippen molar-refractivity contribution in [1.29, 1.82) is 0 Å².